The zero-order valence-corrected chi connectivity index (χ0v) is 16.1. The number of rotatable bonds is 7. The first-order valence-electron chi connectivity index (χ1n) is 6.93. The molecule has 1 atom stereocenters. The van der Waals surface area contributed by atoms with E-state index in [-0.39, 0.29) is 0 Å². The fraction of sp³-hybridized carbons (Fsp3) is 0.375. The summed E-state index contributed by atoms with van der Waals surface area (Å²) in [4.78, 5) is 1.35. The average Bonchev–Trinajstić information content (AvgIpc) is 2.91. The second-order valence-corrected chi connectivity index (χ2v) is 7.55. The van der Waals surface area contributed by atoms with Gasteiger partial charge in [0.05, 0.1) is 7.11 Å². The maximum atomic E-state index is 5.34. The highest BCUT2D eigenvalue weighted by atomic mass is 79.9. The molecule has 0 radical (unpaired) electrons. The lowest BCUT2D eigenvalue weighted by atomic mass is 10.0. The van der Waals surface area contributed by atoms with Crippen molar-refractivity contribution >= 4 is 43.2 Å². The van der Waals surface area contributed by atoms with Gasteiger partial charge in [0.1, 0.15) is 5.75 Å². The van der Waals surface area contributed by atoms with Crippen molar-refractivity contribution in [1.82, 2.24) is 5.32 Å². The van der Waals surface area contributed by atoms with Gasteiger partial charge >= 0.3 is 0 Å². The Kier molecular flexibility index (Phi) is 6.74. The fourth-order valence-electron chi connectivity index (χ4n) is 2.16. The van der Waals surface area contributed by atoms with Gasteiger partial charge in [-0.1, -0.05) is 22.9 Å². The van der Waals surface area contributed by atoms with Gasteiger partial charge in [-0.3, -0.25) is 0 Å². The second-order valence-electron chi connectivity index (χ2n) is 4.84. The van der Waals surface area contributed by atoms with Gasteiger partial charge in [-0.25, -0.2) is 0 Å². The molecule has 0 aliphatic heterocycles. The molecule has 0 aliphatic rings. The second kappa shape index (κ2) is 8.32. The summed E-state index contributed by atoms with van der Waals surface area (Å²) in [7, 11) is 1.70. The molecule has 0 spiro atoms. The van der Waals surface area contributed by atoms with Gasteiger partial charge in [0, 0.05) is 25.2 Å². The number of hydrogen-bond acceptors (Lipinski definition) is 3. The number of ether oxygens (including phenoxy) is 1. The maximum absolute atomic E-state index is 5.34. The van der Waals surface area contributed by atoms with Crippen LogP contribution in [-0.2, 0) is 6.42 Å². The molecule has 0 bridgehead atoms. The molecule has 0 aliphatic carbocycles. The quantitative estimate of drug-likeness (QED) is 0.617. The molecule has 2 aromatic rings. The summed E-state index contributed by atoms with van der Waals surface area (Å²) in [5.74, 6) is 0.898. The lowest BCUT2D eigenvalue weighted by Gasteiger charge is -2.18. The first-order chi connectivity index (χ1) is 10.1. The van der Waals surface area contributed by atoms with E-state index in [9.17, 15) is 0 Å². The number of benzene rings is 1. The molecule has 1 heterocycles. The third-order valence-corrected chi connectivity index (χ3v) is 5.83. The number of hydrogen-bond donors (Lipinski definition) is 1. The number of methoxy groups -OCH3 is 1. The Labute approximate surface area is 147 Å². The molecule has 1 aromatic heterocycles. The topological polar surface area (TPSA) is 21.3 Å². The lowest BCUT2D eigenvalue weighted by Crippen LogP contribution is -2.23. The van der Waals surface area contributed by atoms with Crippen LogP contribution in [-0.4, -0.2) is 13.7 Å². The summed E-state index contributed by atoms with van der Waals surface area (Å²) in [6.45, 7) is 3.21. The van der Waals surface area contributed by atoms with Crippen molar-refractivity contribution in [3.8, 4) is 5.75 Å². The van der Waals surface area contributed by atoms with Crippen LogP contribution in [0.5, 0.6) is 5.75 Å². The van der Waals surface area contributed by atoms with Crippen molar-refractivity contribution in [2.24, 2.45) is 0 Å². The smallest absolute Gasteiger partial charge is 0.119 e. The van der Waals surface area contributed by atoms with Crippen molar-refractivity contribution in [3.05, 3.63) is 49.0 Å². The molecule has 0 saturated heterocycles. The van der Waals surface area contributed by atoms with Gasteiger partial charge in [0.25, 0.3) is 0 Å². The van der Waals surface area contributed by atoms with Crippen LogP contribution in [0.1, 0.15) is 29.8 Å². The molecular formula is C16H19Br2NOS. The number of thiophene rings is 1. The average molecular weight is 433 g/mol. The van der Waals surface area contributed by atoms with Crippen LogP contribution >= 0.6 is 43.2 Å². The Bertz CT molecular complexity index is 585. The Morgan fingerprint density at radius 2 is 2.10 bits per heavy atom. The minimum Gasteiger partial charge on any atom is -0.497 e. The first-order valence-corrected chi connectivity index (χ1v) is 9.40. The van der Waals surface area contributed by atoms with Crippen LogP contribution in [0.4, 0.5) is 0 Å². The Balaban J connectivity index is 2.22. The highest BCUT2D eigenvalue weighted by Crippen LogP contribution is 2.31. The molecule has 1 N–H and O–H groups in total. The van der Waals surface area contributed by atoms with Gasteiger partial charge < -0.3 is 10.1 Å². The van der Waals surface area contributed by atoms with E-state index in [0.29, 0.717) is 6.04 Å². The third-order valence-electron chi connectivity index (χ3n) is 3.25. The van der Waals surface area contributed by atoms with E-state index in [1.165, 1.54) is 10.4 Å². The van der Waals surface area contributed by atoms with E-state index in [1.807, 2.05) is 6.07 Å². The minimum absolute atomic E-state index is 0.324. The van der Waals surface area contributed by atoms with Gasteiger partial charge in [-0.15, -0.1) is 11.3 Å². The molecule has 5 heteroatoms. The summed E-state index contributed by atoms with van der Waals surface area (Å²) in [5, 5.41) is 5.78. The molecule has 0 saturated carbocycles. The molecule has 0 amide bonds. The molecule has 1 aromatic carbocycles. The highest BCUT2D eigenvalue weighted by Gasteiger charge is 2.15. The van der Waals surface area contributed by atoms with Crippen molar-refractivity contribution < 1.29 is 4.74 Å². The van der Waals surface area contributed by atoms with E-state index >= 15 is 0 Å². The van der Waals surface area contributed by atoms with Crippen LogP contribution in [0.15, 0.2) is 38.6 Å². The van der Waals surface area contributed by atoms with E-state index in [0.717, 1.165) is 34.1 Å². The Morgan fingerprint density at radius 3 is 2.71 bits per heavy atom. The van der Waals surface area contributed by atoms with Gasteiger partial charge in [-0.05, 0) is 65.1 Å². The van der Waals surface area contributed by atoms with Gasteiger partial charge in [0.15, 0.2) is 0 Å². The SMILES string of the molecule is CCCNC(Cc1cc(OC)ccc1Br)c1cc(Br)cs1. The summed E-state index contributed by atoms with van der Waals surface area (Å²) < 4.78 is 7.61. The highest BCUT2D eigenvalue weighted by molar-refractivity contribution is 9.10. The molecule has 114 valence electrons. The fourth-order valence-corrected chi connectivity index (χ4v) is 4.09. The Hall–Kier alpha value is -0.360. The first kappa shape index (κ1) is 17.0. The maximum Gasteiger partial charge on any atom is 0.119 e. The van der Waals surface area contributed by atoms with Gasteiger partial charge in [-0.2, -0.15) is 0 Å². The third kappa shape index (κ3) is 4.81. The van der Waals surface area contributed by atoms with E-state index in [4.69, 9.17) is 4.74 Å². The summed E-state index contributed by atoms with van der Waals surface area (Å²) in [5.41, 5.74) is 1.26. The predicted molar refractivity (Wildman–Crippen MR) is 97.5 cm³/mol. The summed E-state index contributed by atoms with van der Waals surface area (Å²) in [6.07, 6.45) is 2.06. The molecule has 0 fully saturated rings. The minimum atomic E-state index is 0.324. The predicted octanol–water partition coefficient (Wildman–Crippen LogP) is 5.57. The van der Waals surface area contributed by atoms with Crippen molar-refractivity contribution in [1.29, 1.82) is 0 Å². The van der Waals surface area contributed by atoms with Crippen molar-refractivity contribution in [2.75, 3.05) is 13.7 Å². The van der Waals surface area contributed by atoms with Crippen molar-refractivity contribution in [2.45, 2.75) is 25.8 Å². The molecule has 1 unspecified atom stereocenters. The molecular weight excluding hydrogens is 414 g/mol. The van der Waals surface area contributed by atoms with Crippen LogP contribution < -0.4 is 10.1 Å². The molecule has 2 nitrogen and oxygen atoms in total. The van der Waals surface area contributed by atoms with Crippen LogP contribution in [0.25, 0.3) is 0 Å². The number of nitrogens with one attached hydrogen (secondary N) is 1. The molecule has 21 heavy (non-hydrogen) atoms. The van der Waals surface area contributed by atoms with E-state index < -0.39 is 0 Å². The zero-order chi connectivity index (χ0) is 15.2. The van der Waals surface area contributed by atoms with Crippen LogP contribution in [0, 0.1) is 0 Å². The van der Waals surface area contributed by atoms with Crippen molar-refractivity contribution in [3.63, 3.8) is 0 Å². The summed E-state index contributed by atoms with van der Waals surface area (Å²) >= 11 is 8.98. The largest absolute Gasteiger partial charge is 0.497 e. The lowest BCUT2D eigenvalue weighted by molar-refractivity contribution is 0.413. The summed E-state index contributed by atoms with van der Waals surface area (Å²) in [6, 6.07) is 8.66. The number of halogens is 2. The standard InChI is InChI=1S/C16H19Br2NOS/c1-3-6-19-15(16-9-12(17)10-21-16)8-11-7-13(20-2)4-5-14(11)18/h4-5,7,9-10,15,19H,3,6,8H2,1-2H3. The van der Waals surface area contributed by atoms with E-state index in [2.05, 4.69) is 67.7 Å². The zero-order valence-electron chi connectivity index (χ0n) is 12.2. The molecule has 2 rings (SSSR count). The Morgan fingerprint density at radius 1 is 1.29 bits per heavy atom. The monoisotopic (exact) mass is 431 g/mol. The van der Waals surface area contributed by atoms with E-state index in [1.54, 1.807) is 18.4 Å². The van der Waals surface area contributed by atoms with Crippen LogP contribution in [0.2, 0.25) is 0 Å². The normalized spacial score (nSPS) is 12.4. The van der Waals surface area contributed by atoms with Gasteiger partial charge in [0.2, 0.25) is 0 Å². The van der Waals surface area contributed by atoms with Crippen LogP contribution in [0.3, 0.4) is 0 Å².